The SMILES string of the molecule is CC(CSC(=N)N)C(N)=O.Cl. The summed E-state index contributed by atoms with van der Waals surface area (Å²) in [5.74, 6) is -0.0762. The minimum atomic E-state index is -0.353. The highest BCUT2D eigenvalue weighted by atomic mass is 35.5. The molecule has 0 spiro atoms. The number of nitrogens with one attached hydrogen (secondary N) is 1. The van der Waals surface area contributed by atoms with Crippen LogP contribution in [0.4, 0.5) is 0 Å². The molecular formula is C5H12ClN3OS. The number of thioether (sulfide) groups is 1. The second kappa shape index (κ2) is 6.30. The number of primary amides is 1. The number of amidine groups is 1. The molecule has 0 bridgehead atoms. The Morgan fingerprint density at radius 1 is 1.64 bits per heavy atom. The van der Waals surface area contributed by atoms with Crippen LogP contribution in [0.5, 0.6) is 0 Å². The van der Waals surface area contributed by atoms with Crippen LogP contribution in [0.2, 0.25) is 0 Å². The monoisotopic (exact) mass is 197 g/mol. The molecule has 6 heteroatoms. The van der Waals surface area contributed by atoms with E-state index >= 15 is 0 Å². The van der Waals surface area contributed by atoms with Crippen molar-refractivity contribution in [2.45, 2.75) is 6.92 Å². The molecule has 0 saturated heterocycles. The van der Waals surface area contributed by atoms with Crippen LogP contribution in [0.25, 0.3) is 0 Å². The maximum absolute atomic E-state index is 10.4. The van der Waals surface area contributed by atoms with Gasteiger partial charge < -0.3 is 11.5 Å². The predicted molar refractivity (Wildman–Crippen MR) is 50.0 cm³/mol. The molecule has 66 valence electrons. The van der Waals surface area contributed by atoms with Gasteiger partial charge in [-0.3, -0.25) is 10.2 Å². The summed E-state index contributed by atoms with van der Waals surface area (Å²) in [5.41, 5.74) is 9.99. The molecule has 0 radical (unpaired) electrons. The Labute approximate surface area is 76.0 Å². The van der Waals surface area contributed by atoms with Crippen LogP contribution in [-0.2, 0) is 4.79 Å². The molecule has 0 aromatic rings. The fraction of sp³-hybridized carbons (Fsp3) is 0.600. The van der Waals surface area contributed by atoms with Crippen molar-refractivity contribution in [2.75, 3.05) is 5.75 Å². The largest absolute Gasteiger partial charge is 0.379 e. The number of nitrogens with two attached hydrogens (primary N) is 2. The predicted octanol–water partition coefficient (Wildman–Crippen LogP) is 0.156. The zero-order valence-electron chi connectivity index (χ0n) is 6.16. The van der Waals surface area contributed by atoms with Crippen LogP contribution >= 0.6 is 24.2 Å². The van der Waals surface area contributed by atoms with E-state index in [1.165, 1.54) is 0 Å². The average Bonchev–Trinajstić information content (AvgIpc) is 1.82. The Morgan fingerprint density at radius 3 is 2.36 bits per heavy atom. The number of carbonyl (C=O) groups excluding carboxylic acids is 1. The van der Waals surface area contributed by atoms with Gasteiger partial charge in [0.15, 0.2) is 5.17 Å². The topological polar surface area (TPSA) is 93.0 Å². The fourth-order valence-corrected chi connectivity index (χ4v) is 0.891. The third-order valence-electron chi connectivity index (χ3n) is 0.975. The summed E-state index contributed by atoms with van der Waals surface area (Å²) in [6, 6.07) is 0. The van der Waals surface area contributed by atoms with Crippen molar-refractivity contribution in [3.63, 3.8) is 0 Å². The van der Waals surface area contributed by atoms with E-state index in [-0.39, 0.29) is 29.4 Å². The van der Waals surface area contributed by atoms with E-state index in [2.05, 4.69) is 0 Å². The summed E-state index contributed by atoms with van der Waals surface area (Å²) in [4.78, 5) is 10.4. The normalized spacial score (nSPS) is 11.4. The first-order chi connectivity index (χ1) is 4.54. The van der Waals surface area contributed by atoms with Crippen molar-refractivity contribution < 1.29 is 4.79 Å². The number of rotatable bonds is 3. The molecule has 4 nitrogen and oxygen atoms in total. The molecule has 0 rings (SSSR count). The first kappa shape index (κ1) is 13.2. The zero-order valence-corrected chi connectivity index (χ0v) is 7.80. The molecule has 0 saturated carbocycles. The number of carbonyl (C=O) groups is 1. The number of hydrogen-bond acceptors (Lipinski definition) is 3. The van der Waals surface area contributed by atoms with Gasteiger partial charge in [-0.25, -0.2) is 0 Å². The lowest BCUT2D eigenvalue weighted by Crippen LogP contribution is -2.23. The lowest BCUT2D eigenvalue weighted by Gasteiger charge is -2.03. The van der Waals surface area contributed by atoms with Crippen molar-refractivity contribution in [2.24, 2.45) is 17.4 Å². The minimum absolute atomic E-state index is 0. The lowest BCUT2D eigenvalue weighted by molar-refractivity contribution is -0.120. The van der Waals surface area contributed by atoms with Crippen LogP contribution in [0, 0.1) is 11.3 Å². The molecule has 1 unspecified atom stereocenters. The molecule has 0 fully saturated rings. The van der Waals surface area contributed by atoms with E-state index in [1.54, 1.807) is 6.92 Å². The smallest absolute Gasteiger partial charge is 0.221 e. The summed E-state index contributed by atoms with van der Waals surface area (Å²) < 4.78 is 0. The summed E-state index contributed by atoms with van der Waals surface area (Å²) in [6.45, 7) is 1.71. The number of hydrogen-bond donors (Lipinski definition) is 3. The first-order valence-corrected chi connectivity index (χ1v) is 3.78. The average molecular weight is 198 g/mol. The van der Waals surface area contributed by atoms with Crippen molar-refractivity contribution in [3.8, 4) is 0 Å². The zero-order chi connectivity index (χ0) is 8.15. The van der Waals surface area contributed by atoms with Gasteiger partial charge in [-0.05, 0) is 0 Å². The molecule has 0 aliphatic carbocycles. The fourth-order valence-electron chi connectivity index (χ4n) is 0.297. The summed E-state index contributed by atoms with van der Waals surface area (Å²) >= 11 is 1.13. The maximum Gasteiger partial charge on any atom is 0.221 e. The second-order valence-electron chi connectivity index (χ2n) is 1.98. The van der Waals surface area contributed by atoms with Crippen LogP contribution in [0.1, 0.15) is 6.92 Å². The molecule has 11 heavy (non-hydrogen) atoms. The number of amides is 1. The van der Waals surface area contributed by atoms with E-state index < -0.39 is 0 Å². The Hall–Kier alpha value is -0.420. The van der Waals surface area contributed by atoms with E-state index in [4.69, 9.17) is 16.9 Å². The van der Waals surface area contributed by atoms with Crippen LogP contribution in [0.3, 0.4) is 0 Å². The van der Waals surface area contributed by atoms with Gasteiger partial charge in [0.05, 0.1) is 0 Å². The van der Waals surface area contributed by atoms with E-state index in [0.717, 1.165) is 11.8 Å². The van der Waals surface area contributed by atoms with Crippen molar-refractivity contribution in [1.29, 1.82) is 5.41 Å². The van der Waals surface area contributed by atoms with Gasteiger partial charge in [-0.1, -0.05) is 18.7 Å². The molecular weight excluding hydrogens is 186 g/mol. The first-order valence-electron chi connectivity index (χ1n) is 2.80. The van der Waals surface area contributed by atoms with Gasteiger partial charge in [0.1, 0.15) is 0 Å². The summed E-state index contributed by atoms with van der Waals surface area (Å²) in [5, 5.41) is 6.84. The number of halogens is 1. The highest BCUT2D eigenvalue weighted by molar-refractivity contribution is 8.13. The second-order valence-corrected chi connectivity index (χ2v) is 3.04. The Morgan fingerprint density at radius 2 is 2.09 bits per heavy atom. The molecule has 5 N–H and O–H groups in total. The van der Waals surface area contributed by atoms with Gasteiger partial charge in [-0.15, -0.1) is 12.4 Å². The van der Waals surface area contributed by atoms with E-state index in [1.807, 2.05) is 0 Å². The van der Waals surface area contributed by atoms with Crippen LogP contribution in [-0.4, -0.2) is 16.8 Å². The molecule has 0 aliphatic heterocycles. The molecule has 0 aromatic carbocycles. The maximum atomic E-state index is 10.4. The highest BCUT2D eigenvalue weighted by Gasteiger charge is 2.08. The Balaban J connectivity index is 0. The van der Waals surface area contributed by atoms with Crippen molar-refractivity contribution in [1.82, 2.24) is 0 Å². The van der Waals surface area contributed by atoms with Crippen LogP contribution in [0.15, 0.2) is 0 Å². The van der Waals surface area contributed by atoms with E-state index in [0.29, 0.717) is 5.75 Å². The van der Waals surface area contributed by atoms with Gasteiger partial charge in [0.2, 0.25) is 5.91 Å². The Bertz CT molecular complexity index is 153. The molecule has 1 atom stereocenters. The van der Waals surface area contributed by atoms with Crippen molar-refractivity contribution >= 4 is 35.2 Å². The van der Waals surface area contributed by atoms with Gasteiger partial charge in [0, 0.05) is 11.7 Å². The highest BCUT2D eigenvalue weighted by Crippen LogP contribution is 2.05. The Kier molecular flexibility index (Phi) is 7.55. The molecule has 0 heterocycles. The third-order valence-corrected chi connectivity index (χ3v) is 1.95. The molecule has 0 aliphatic rings. The third kappa shape index (κ3) is 7.48. The molecule has 1 amide bonds. The van der Waals surface area contributed by atoms with Crippen LogP contribution < -0.4 is 11.5 Å². The summed E-state index contributed by atoms with van der Waals surface area (Å²) in [7, 11) is 0. The van der Waals surface area contributed by atoms with E-state index in [9.17, 15) is 4.79 Å². The van der Waals surface area contributed by atoms with Gasteiger partial charge >= 0.3 is 0 Å². The van der Waals surface area contributed by atoms with Gasteiger partial charge in [-0.2, -0.15) is 0 Å². The van der Waals surface area contributed by atoms with Crippen molar-refractivity contribution in [3.05, 3.63) is 0 Å². The lowest BCUT2D eigenvalue weighted by atomic mass is 10.2. The minimum Gasteiger partial charge on any atom is -0.379 e. The standard InChI is InChI=1S/C5H11N3OS.ClH/c1-3(4(6)9)2-10-5(7)8;/h3H,2H2,1H3,(H2,6,9)(H3,7,8);1H. The van der Waals surface area contributed by atoms with Gasteiger partial charge in [0.25, 0.3) is 0 Å². The molecule has 0 aromatic heterocycles. The quantitative estimate of drug-likeness (QED) is 0.444. The summed E-state index contributed by atoms with van der Waals surface area (Å²) in [6.07, 6.45) is 0.